The first-order chi connectivity index (χ1) is 13.6. The molecule has 0 spiro atoms. The number of carbonyl (C=O) groups excluding carboxylic acids is 1. The maximum Gasteiger partial charge on any atom is 0.339 e. The van der Waals surface area contributed by atoms with Crippen molar-refractivity contribution in [2.45, 2.75) is 6.10 Å². The third-order valence-electron chi connectivity index (χ3n) is 4.40. The van der Waals surface area contributed by atoms with E-state index in [1.165, 1.54) is 0 Å². The van der Waals surface area contributed by atoms with Crippen molar-refractivity contribution < 1.29 is 9.53 Å². The van der Waals surface area contributed by atoms with E-state index >= 15 is 0 Å². The zero-order chi connectivity index (χ0) is 19.8. The number of esters is 1. The Kier molecular flexibility index (Phi) is 6.77. The van der Waals surface area contributed by atoms with Gasteiger partial charge in [-0.05, 0) is 37.4 Å². The molecular weight excluding hydrogens is 346 g/mol. The van der Waals surface area contributed by atoms with Crippen LogP contribution in [0.5, 0.6) is 0 Å². The molecule has 0 N–H and O–H groups in total. The van der Waals surface area contributed by atoms with Crippen LogP contribution in [0.3, 0.4) is 0 Å². The van der Waals surface area contributed by atoms with Crippen LogP contribution < -0.4 is 0 Å². The van der Waals surface area contributed by atoms with Gasteiger partial charge in [0.25, 0.3) is 0 Å². The second-order valence-corrected chi connectivity index (χ2v) is 6.85. The monoisotopic (exact) mass is 371 g/mol. The molecule has 3 rings (SSSR count). The number of rotatable bonds is 7. The normalized spacial score (nSPS) is 12.6. The molecule has 0 aromatic heterocycles. The van der Waals surface area contributed by atoms with Crippen LogP contribution in [-0.4, -0.2) is 31.5 Å². The van der Waals surface area contributed by atoms with Crippen molar-refractivity contribution >= 4 is 11.5 Å². The topological polar surface area (TPSA) is 29.5 Å². The predicted molar refractivity (Wildman–Crippen MR) is 114 cm³/mol. The molecule has 0 bridgehead atoms. The van der Waals surface area contributed by atoms with Gasteiger partial charge in [-0.1, -0.05) is 84.9 Å². The van der Waals surface area contributed by atoms with Crippen LogP contribution in [0.2, 0.25) is 0 Å². The van der Waals surface area contributed by atoms with Gasteiger partial charge in [0, 0.05) is 12.1 Å². The fourth-order valence-corrected chi connectivity index (χ4v) is 2.98. The number of benzene rings is 3. The molecule has 0 fully saturated rings. The summed E-state index contributed by atoms with van der Waals surface area (Å²) in [6.45, 7) is 0.746. The Morgan fingerprint density at radius 3 is 1.86 bits per heavy atom. The van der Waals surface area contributed by atoms with Gasteiger partial charge in [0.1, 0.15) is 0 Å². The number of likely N-dealkylation sites (N-methyl/N-ethyl adjacent to an activating group) is 1. The van der Waals surface area contributed by atoms with Crippen molar-refractivity contribution in [2.75, 3.05) is 20.6 Å². The van der Waals surface area contributed by atoms with Gasteiger partial charge >= 0.3 is 5.97 Å². The van der Waals surface area contributed by atoms with E-state index in [2.05, 4.69) is 11.0 Å². The van der Waals surface area contributed by atoms with Gasteiger partial charge in [-0.25, -0.2) is 4.79 Å². The standard InChI is InChI=1S/C25H25NO2/c1-26(2)19-18-23(20-12-6-3-7-13-20)24(21-14-8-4-9-15-21)28-25(27)22-16-10-5-11-17-22/h3-18,24H,19H2,1-2H3/b23-18+. The molecule has 142 valence electrons. The summed E-state index contributed by atoms with van der Waals surface area (Å²) in [6, 6.07) is 29.1. The first kappa shape index (κ1) is 19.6. The summed E-state index contributed by atoms with van der Waals surface area (Å²) in [5.41, 5.74) is 3.51. The average Bonchev–Trinajstić information content (AvgIpc) is 2.74. The molecule has 0 aliphatic carbocycles. The van der Waals surface area contributed by atoms with Crippen molar-refractivity contribution in [1.29, 1.82) is 0 Å². The molecule has 0 aliphatic rings. The molecule has 1 atom stereocenters. The van der Waals surface area contributed by atoms with E-state index in [4.69, 9.17) is 4.74 Å². The highest BCUT2D eigenvalue weighted by Gasteiger charge is 2.23. The lowest BCUT2D eigenvalue weighted by molar-refractivity contribution is 0.0408. The Morgan fingerprint density at radius 2 is 1.32 bits per heavy atom. The van der Waals surface area contributed by atoms with E-state index in [0.29, 0.717) is 5.56 Å². The maximum atomic E-state index is 12.8. The van der Waals surface area contributed by atoms with Gasteiger partial charge in [0.15, 0.2) is 6.10 Å². The fraction of sp³-hybridized carbons (Fsp3) is 0.160. The summed E-state index contributed by atoms with van der Waals surface area (Å²) in [5, 5.41) is 0. The van der Waals surface area contributed by atoms with Crippen LogP contribution in [0.1, 0.15) is 27.6 Å². The number of hydrogen-bond acceptors (Lipinski definition) is 3. The third-order valence-corrected chi connectivity index (χ3v) is 4.40. The highest BCUT2D eigenvalue weighted by atomic mass is 16.5. The molecule has 3 heteroatoms. The Hall–Kier alpha value is -3.17. The van der Waals surface area contributed by atoms with E-state index in [1.54, 1.807) is 12.1 Å². The van der Waals surface area contributed by atoms with Gasteiger partial charge in [-0.2, -0.15) is 0 Å². The number of hydrogen-bond donors (Lipinski definition) is 0. The second-order valence-electron chi connectivity index (χ2n) is 6.85. The zero-order valence-corrected chi connectivity index (χ0v) is 16.3. The minimum Gasteiger partial charge on any atom is -0.449 e. The van der Waals surface area contributed by atoms with Crippen molar-refractivity contribution in [1.82, 2.24) is 4.90 Å². The van der Waals surface area contributed by atoms with Crippen LogP contribution in [0.4, 0.5) is 0 Å². The summed E-state index contributed by atoms with van der Waals surface area (Å²) in [6.07, 6.45) is 1.64. The average molecular weight is 371 g/mol. The van der Waals surface area contributed by atoms with Crippen LogP contribution >= 0.6 is 0 Å². The first-order valence-electron chi connectivity index (χ1n) is 9.36. The molecule has 28 heavy (non-hydrogen) atoms. The van der Waals surface area contributed by atoms with Crippen LogP contribution in [0, 0.1) is 0 Å². The molecule has 0 amide bonds. The van der Waals surface area contributed by atoms with Crippen molar-refractivity contribution in [2.24, 2.45) is 0 Å². The highest BCUT2D eigenvalue weighted by molar-refractivity contribution is 5.90. The smallest absolute Gasteiger partial charge is 0.339 e. The van der Waals surface area contributed by atoms with Crippen LogP contribution in [0.25, 0.3) is 5.57 Å². The quantitative estimate of drug-likeness (QED) is 0.533. The molecular formula is C25H25NO2. The lowest BCUT2D eigenvalue weighted by Crippen LogP contribution is -2.16. The Bertz CT molecular complexity index is 903. The molecule has 0 saturated heterocycles. The summed E-state index contributed by atoms with van der Waals surface area (Å²) in [7, 11) is 4.04. The fourth-order valence-electron chi connectivity index (χ4n) is 2.98. The molecule has 3 aromatic rings. The molecule has 3 aromatic carbocycles. The second kappa shape index (κ2) is 9.67. The minimum absolute atomic E-state index is 0.332. The maximum absolute atomic E-state index is 12.8. The Balaban J connectivity index is 2.02. The van der Waals surface area contributed by atoms with Gasteiger partial charge in [0.2, 0.25) is 0 Å². The lowest BCUT2D eigenvalue weighted by atomic mass is 9.94. The summed E-state index contributed by atoms with van der Waals surface area (Å²) in [5.74, 6) is -0.332. The summed E-state index contributed by atoms with van der Waals surface area (Å²) >= 11 is 0. The third kappa shape index (κ3) is 5.18. The molecule has 0 radical (unpaired) electrons. The molecule has 0 heterocycles. The Labute approximate surface area is 166 Å². The molecule has 0 saturated carbocycles. The van der Waals surface area contributed by atoms with Crippen LogP contribution in [-0.2, 0) is 4.74 Å². The van der Waals surface area contributed by atoms with E-state index in [-0.39, 0.29) is 5.97 Å². The number of carbonyl (C=O) groups is 1. The van der Waals surface area contributed by atoms with E-state index in [0.717, 1.165) is 23.2 Å². The SMILES string of the molecule is CN(C)C/C=C(\c1ccccc1)C(OC(=O)c1ccccc1)c1ccccc1. The minimum atomic E-state index is -0.490. The van der Waals surface area contributed by atoms with Gasteiger partial charge < -0.3 is 9.64 Å². The largest absolute Gasteiger partial charge is 0.449 e. The highest BCUT2D eigenvalue weighted by Crippen LogP contribution is 2.34. The molecule has 3 nitrogen and oxygen atoms in total. The van der Waals surface area contributed by atoms with Crippen molar-refractivity contribution in [3.05, 3.63) is 114 Å². The molecule has 0 aliphatic heterocycles. The summed E-state index contributed by atoms with van der Waals surface area (Å²) in [4.78, 5) is 14.9. The molecule has 1 unspecified atom stereocenters. The van der Waals surface area contributed by atoms with E-state index < -0.39 is 6.10 Å². The first-order valence-corrected chi connectivity index (χ1v) is 9.36. The predicted octanol–water partition coefficient (Wildman–Crippen LogP) is 5.23. The number of nitrogens with zero attached hydrogens (tertiary/aromatic N) is 1. The Morgan fingerprint density at radius 1 is 0.821 bits per heavy atom. The zero-order valence-electron chi connectivity index (χ0n) is 16.3. The lowest BCUT2D eigenvalue weighted by Gasteiger charge is -2.23. The van der Waals surface area contributed by atoms with Gasteiger partial charge in [0.05, 0.1) is 5.56 Å². The van der Waals surface area contributed by atoms with Gasteiger partial charge in [-0.15, -0.1) is 0 Å². The van der Waals surface area contributed by atoms with Gasteiger partial charge in [-0.3, -0.25) is 0 Å². The van der Waals surface area contributed by atoms with E-state index in [9.17, 15) is 4.79 Å². The van der Waals surface area contributed by atoms with E-state index in [1.807, 2.05) is 93.0 Å². The summed E-state index contributed by atoms with van der Waals surface area (Å²) < 4.78 is 6.05. The number of ether oxygens (including phenoxy) is 1. The van der Waals surface area contributed by atoms with Crippen LogP contribution in [0.15, 0.2) is 97.1 Å². The van der Waals surface area contributed by atoms with Crippen molar-refractivity contribution in [3.63, 3.8) is 0 Å². The van der Waals surface area contributed by atoms with Crippen molar-refractivity contribution in [3.8, 4) is 0 Å².